The topological polar surface area (TPSA) is 15.5 Å². The van der Waals surface area contributed by atoms with E-state index in [1.54, 1.807) is 5.56 Å². The second kappa shape index (κ2) is 27.9. The summed E-state index contributed by atoms with van der Waals surface area (Å²) in [7, 11) is 8.63. The number of benzene rings is 4. The molecule has 8 aromatic rings. The van der Waals surface area contributed by atoms with Gasteiger partial charge >= 0.3 is 0 Å². The number of rotatable bonds is 9. The molecule has 0 N–H and O–H groups in total. The van der Waals surface area contributed by atoms with E-state index in [0.29, 0.717) is 11.3 Å². The molecule has 1 fully saturated rings. The Labute approximate surface area is 505 Å². The lowest BCUT2D eigenvalue weighted by Crippen LogP contribution is -2.35. The maximum absolute atomic E-state index is 2.42. The van der Waals surface area contributed by atoms with E-state index in [2.05, 4.69) is 306 Å². The minimum atomic E-state index is 0.203. The van der Waals surface area contributed by atoms with Crippen LogP contribution in [0.4, 0.5) is 0 Å². The Morgan fingerprint density at radius 1 is 0.386 bits per heavy atom. The first kappa shape index (κ1) is 65.6. The standard InChI is InChI=1S/C20H26N.2C20H28N.C19H26N/c1-14-9-12-20(21(4)16(14)3)19-11-10-18(13-15(19)2)17-7-5-6-8-17;1-14-8-11-19(21(7)16(14)3)18-10-9-17(12-15(18)2)13-20(4,5)6;1-7-17(8-2)18-10-11-19(15(4)13-18)20-12-9-14(3)16(5)21(20)6;1-13-8-11-18(20(7)15(13)3)17-10-9-16(12-14(17)2)19(4,5)6/h9-13,17H,5-8H2,1-4H3;8-12H,13H2,1-7H3;9-13,17H,7-8H2,1-6H3;8-12H,1-7H3/q4*+1. The van der Waals surface area contributed by atoms with Gasteiger partial charge in [0.1, 0.15) is 28.2 Å². The van der Waals surface area contributed by atoms with Crippen LogP contribution in [-0.2, 0) is 40.0 Å². The Morgan fingerprint density at radius 3 is 1.07 bits per heavy atom. The van der Waals surface area contributed by atoms with Gasteiger partial charge in [-0.2, -0.15) is 18.3 Å². The molecule has 1 aliphatic rings. The summed E-state index contributed by atoms with van der Waals surface area (Å²) >= 11 is 0. The van der Waals surface area contributed by atoms with E-state index in [4.69, 9.17) is 0 Å². The minimum Gasteiger partial charge on any atom is -0.198 e. The predicted octanol–water partition coefficient (Wildman–Crippen LogP) is 18.9. The molecule has 0 spiro atoms. The Bertz CT molecular complexity index is 3440. The van der Waals surface area contributed by atoms with Crippen LogP contribution in [0.1, 0.15) is 195 Å². The number of hydrogen-bond donors (Lipinski definition) is 0. The summed E-state index contributed by atoms with van der Waals surface area (Å²) in [5.74, 6) is 1.48. The number of aromatic nitrogens is 4. The van der Waals surface area contributed by atoms with Crippen LogP contribution >= 0.6 is 0 Å². The lowest BCUT2D eigenvalue weighted by atomic mass is 9.85. The molecule has 0 bridgehead atoms. The Hall–Kier alpha value is -6.52. The highest BCUT2D eigenvalue weighted by molar-refractivity contribution is 5.65. The molecule has 0 aliphatic heterocycles. The van der Waals surface area contributed by atoms with Gasteiger partial charge < -0.3 is 0 Å². The first-order chi connectivity index (χ1) is 39.0. The van der Waals surface area contributed by atoms with Crippen LogP contribution in [0.5, 0.6) is 0 Å². The summed E-state index contributed by atoms with van der Waals surface area (Å²) in [6.07, 6.45) is 9.09. The van der Waals surface area contributed by atoms with Crippen molar-refractivity contribution in [1.29, 1.82) is 0 Å². The highest BCUT2D eigenvalue weighted by atomic mass is 15.0. The summed E-state index contributed by atoms with van der Waals surface area (Å²) < 4.78 is 9.19. The van der Waals surface area contributed by atoms with E-state index in [0.717, 1.165) is 12.3 Å². The second-order valence-corrected chi connectivity index (χ2v) is 27.0. The Kier molecular flexibility index (Phi) is 22.1. The molecule has 4 aromatic heterocycles. The third-order valence-corrected chi connectivity index (χ3v) is 18.7. The molecule has 4 heterocycles. The third kappa shape index (κ3) is 16.0. The monoisotopic (exact) mass is 1110 g/mol. The van der Waals surface area contributed by atoms with Crippen LogP contribution in [0, 0.1) is 88.5 Å². The van der Waals surface area contributed by atoms with Crippen molar-refractivity contribution in [3.05, 3.63) is 211 Å². The molecule has 1 aliphatic carbocycles. The first-order valence-electron chi connectivity index (χ1n) is 31.3. The molecular formula is C79H108N4+4. The van der Waals surface area contributed by atoms with Crippen molar-refractivity contribution in [3.8, 4) is 45.0 Å². The summed E-state index contributed by atoms with van der Waals surface area (Å²) in [5, 5.41) is 0. The second-order valence-electron chi connectivity index (χ2n) is 27.0. The van der Waals surface area contributed by atoms with E-state index in [-0.39, 0.29) is 5.41 Å². The number of hydrogen-bond acceptors (Lipinski definition) is 0. The highest BCUT2D eigenvalue weighted by Gasteiger charge is 2.24. The molecular weight excluding hydrogens is 1000 g/mol. The number of aryl methyl sites for hydroxylation is 8. The zero-order chi connectivity index (χ0) is 61.4. The van der Waals surface area contributed by atoms with Crippen LogP contribution in [-0.4, -0.2) is 0 Å². The lowest BCUT2D eigenvalue weighted by molar-refractivity contribution is -0.667. The Morgan fingerprint density at radius 2 is 0.735 bits per heavy atom. The van der Waals surface area contributed by atoms with Crippen molar-refractivity contribution in [3.63, 3.8) is 0 Å². The summed E-state index contributed by atoms with van der Waals surface area (Å²) in [6, 6.07) is 45.7. The molecule has 4 nitrogen and oxygen atoms in total. The fourth-order valence-corrected chi connectivity index (χ4v) is 12.2. The molecule has 0 saturated heterocycles. The molecule has 440 valence electrons. The fraction of sp³-hybridized carbons (Fsp3) is 0.443. The van der Waals surface area contributed by atoms with Gasteiger partial charge in [0.05, 0.1) is 0 Å². The summed E-state index contributed by atoms with van der Waals surface area (Å²) in [4.78, 5) is 0. The predicted molar refractivity (Wildman–Crippen MR) is 355 cm³/mol. The van der Waals surface area contributed by atoms with Gasteiger partial charge in [0.25, 0.3) is 0 Å². The maximum atomic E-state index is 2.42. The zero-order valence-electron chi connectivity index (χ0n) is 56.4. The van der Waals surface area contributed by atoms with Crippen molar-refractivity contribution in [2.75, 3.05) is 0 Å². The zero-order valence-corrected chi connectivity index (χ0v) is 56.4. The van der Waals surface area contributed by atoms with Crippen LogP contribution in [0.15, 0.2) is 121 Å². The van der Waals surface area contributed by atoms with Gasteiger partial charge in [-0.15, -0.1) is 0 Å². The van der Waals surface area contributed by atoms with Gasteiger partial charge in [-0.1, -0.05) is 117 Å². The minimum absolute atomic E-state index is 0.203. The SMILES string of the molecule is CCC(CC)c1ccc(-c2ccc(C)c(C)[n+]2C)c(C)c1.Cc1cc(C(C)(C)C)ccc1-c1ccc(C)c(C)[n+]1C.Cc1cc(C2CCCC2)ccc1-c1ccc(C)c(C)[n+]1C.Cc1cc(CC(C)(C)C)ccc1-c1ccc(C)c(C)[n+]1C. The summed E-state index contributed by atoms with van der Waals surface area (Å²) in [6.45, 7) is 44.5. The van der Waals surface area contributed by atoms with E-state index >= 15 is 0 Å². The van der Waals surface area contributed by atoms with Crippen molar-refractivity contribution in [2.45, 2.75) is 201 Å². The van der Waals surface area contributed by atoms with Gasteiger partial charge in [0.15, 0.2) is 22.8 Å². The third-order valence-electron chi connectivity index (χ3n) is 18.7. The average Bonchev–Trinajstić information content (AvgIpc) is 4.15. The van der Waals surface area contributed by atoms with Gasteiger partial charge in [0, 0.05) is 96.5 Å². The molecule has 9 rings (SSSR count). The van der Waals surface area contributed by atoms with Gasteiger partial charge in [-0.25, -0.2) is 0 Å². The van der Waals surface area contributed by atoms with Crippen molar-refractivity contribution in [2.24, 2.45) is 33.6 Å². The molecule has 0 radical (unpaired) electrons. The number of nitrogens with zero attached hydrogens (tertiary/aromatic N) is 4. The van der Waals surface area contributed by atoms with E-state index in [9.17, 15) is 0 Å². The van der Waals surface area contributed by atoms with Crippen molar-refractivity contribution >= 4 is 0 Å². The smallest absolute Gasteiger partial charge is 0.198 e. The van der Waals surface area contributed by atoms with E-state index in [1.807, 2.05) is 0 Å². The molecule has 0 unspecified atom stereocenters. The van der Waals surface area contributed by atoms with Crippen molar-refractivity contribution < 1.29 is 18.3 Å². The van der Waals surface area contributed by atoms with Crippen molar-refractivity contribution in [1.82, 2.24) is 0 Å². The van der Waals surface area contributed by atoms with Gasteiger partial charge in [-0.05, 0) is 203 Å². The molecule has 0 amide bonds. The van der Waals surface area contributed by atoms with Crippen LogP contribution in [0.25, 0.3) is 45.0 Å². The number of pyridine rings is 4. The normalized spacial score (nSPS) is 12.6. The lowest BCUT2D eigenvalue weighted by Gasteiger charge is -2.20. The Balaban J connectivity index is 0.000000178. The first-order valence-corrected chi connectivity index (χ1v) is 31.3. The van der Waals surface area contributed by atoms with Crippen LogP contribution in [0.3, 0.4) is 0 Å². The molecule has 4 heteroatoms. The van der Waals surface area contributed by atoms with Crippen LogP contribution < -0.4 is 18.3 Å². The fourth-order valence-electron chi connectivity index (χ4n) is 12.2. The van der Waals surface area contributed by atoms with E-state index < -0.39 is 0 Å². The van der Waals surface area contributed by atoms with E-state index in [1.165, 1.54) is 168 Å². The molecule has 1 saturated carbocycles. The summed E-state index contributed by atoms with van der Waals surface area (Å²) in [5.41, 5.74) is 33.1. The largest absolute Gasteiger partial charge is 0.212 e. The quantitative estimate of drug-likeness (QED) is 0.128. The molecule has 4 aromatic carbocycles. The highest BCUT2D eigenvalue weighted by Crippen LogP contribution is 2.37. The van der Waals surface area contributed by atoms with Gasteiger partial charge in [-0.3, -0.25) is 0 Å². The average molecular weight is 1110 g/mol. The molecule has 83 heavy (non-hydrogen) atoms. The molecule has 0 atom stereocenters. The maximum Gasteiger partial charge on any atom is 0.212 e. The van der Waals surface area contributed by atoms with Gasteiger partial charge in [0.2, 0.25) is 22.8 Å². The van der Waals surface area contributed by atoms with Crippen LogP contribution in [0.2, 0.25) is 0 Å².